The van der Waals surface area contributed by atoms with Gasteiger partial charge >= 0.3 is 12.0 Å². The molecule has 0 saturated heterocycles. The number of nitrogens with zero attached hydrogens (tertiary/aromatic N) is 1. The minimum absolute atomic E-state index is 0.0632. The summed E-state index contributed by atoms with van der Waals surface area (Å²) in [4.78, 5) is 43.7. The molecule has 0 aromatic heterocycles. The largest absolute Gasteiger partial charge is 0.452 e. The van der Waals surface area contributed by atoms with Crippen LogP contribution < -0.4 is 10.6 Å². The zero-order chi connectivity index (χ0) is 17.2. The zero-order valence-electron chi connectivity index (χ0n) is 12.3. The maximum atomic E-state index is 11.4. The second-order valence-corrected chi connectivity index (χ2v) is 4.20. The maximum absolute atomic E-state index is 11.4. The van der Waals surface area contributed by atoms with Gasteiger partial charge < -0.3 is 10.1 Å². The van der Waals surface area contributed by atoms with Gasteiger partial charge in [0.2, 0.25) is 0 Å². The monoisotopic (exact) mass is 321 g/mol. The number of carbonyl (C=O) groups excluding carboxylic acids is 3. The third-order valence-corrected chi connectivity index (χ3v) is 2.45. The summed E-state index contributed by atoms with van der Waals surface area (Å²) in [6.45, 7) is 1.45. The summed E-state index contributed by atoms with van der Waals surface area (Å²) in [5, 5.41) is 14.8. The molecule has 0 radical (unpaired) electrons. The number of rotatable bonds is 6. The number of hydrogen-bond acceptors (Lipinski definition) is 6. The van der Waals surface area contributed by atoms with E-state index in [9.17, 15) is 24.5 Å². The fraction of sp³-hybridized carbons (Fsp3) is 0.214. The first-order chi connectivity index (χ1) is 10.9. The van der Waals surface area contributed by atoms with E-state index in [-0.39, 0.29) is 5.69 Å². The van der Waals surface area contributed by atoms with Crippen LogP contribution in [0.1, 0.15) is 12.5 Å². The summed E-state index contributed by atoms with van der Waals surface area (Å²) in [6, 6.07) is 4.85. The zero-order valence-corrected chi connectivity index (χ0v) is 12.3. The molecule has 0 heterocycles. The van der Waals surface area contributed by atoms with Gasteiger partial charge in [0.1, 0.15) is 0 Å². The van der Waals surface area contributed by atoms with E-state index in [2.05, 4.69) is 10.1 Å². The number of esters is 1. The highest BCUT2D eigenvalue weighted by Crippen LogP contribution is 2.12. The third kappa shape index (κ3) is 6.85. The molecule has 9 nitrogen and oxygen atoms in total. The van der Waals surface area contributed by atoms with Gasteiger partial charge in [-0.3, -0.25) is 20.2 Å². The molecular formula is C14H15N3O6. The van der Waals surface area contributed by atoms with Gasteiger partial charge in [0, 0.05) is 24.8 Å². The smallest absolute Gasteiger partial charge is 0.331 e. The molecule has 0 fully saturated rings. The van der Waals surface area contributed by atoms with Gasteiger partial charge in [-0.15, -0.1) is 0 Å². The van der Waals surface area contributed by atoms with Crippen molar-refractivity contribution < 1.29 is 24.0 Å². The quantitative estimate of drug-likeness (QED) is 0.348. The van der Waals surface area contributed by atoms with Crippen molar-refractivity contribution in [3.8, 4) is 0 Å². The van der Waals surface area contributed by atoms with Crippen LogP contribution in [-0.2, 0) is 14.3 Å². The molecule has 1 aromatic carbocycles. The molecule has 1 aromatic rings. The molecule has 0 unspecified atom stereocenters. The second-order valence-electron chi connectivity index (χ2n) is 4.20. The van der Waals surface area contributed by atoms with Gasteiger partial charge in [0.25, 0.3) is 11.6 Å². The first-order valence-electron chi connectivity index (χ1n) is 6.59. The SMILES string of the molecule is CCNC(=O)NC(=O)COC(=O)/C=C/c1ccc([N+](=O)[O-])cc1. The summed E-state index contributed by atoms with van der Waals surface area (Å²) in [5.41, 5.74) is 0.492. The third-order valence-electron chi connectivity index (χ3n) is 2.45. The van der Waals surface area contributed by atoms with Crippen LogP contribution in [-0.4, -0.2) is 36.0 Å². The lowest BCUT2D eigenvalue weighted by Gasteiger charge is -2.04. The Morgan fingerprint density at radius 2 is 1.91 bits per heavy atom. The summed E-state index contributed by atoms with van der Waals surface area (Å²) in [7, 11) is 0. The first-order valence-corrected chi connectivity index (χ1v) is 6.59. The van der Waals surface area contributed by atoms with Gasteiger partial charge in [-0.2, -0.15) is 0 Å². The standard InChI is InChI=1S/C14H15N3O6/c1-2-15-14(20)16-12(18)9-23-13(19)8-5-10-3-6-11(7-4-10)17(21)22/h3-8H,2,9H2,1H3,(H2,15,16,18,20)/b8-5+. The number of amides is 3. The van der Waals surface area contributed by atoms with Crippen molar-refractivity contribution in [3.63, 3.8) is 0 Å². The molecule has 1 rings (SSSR count). The van der Waals surface area contributed by atoms with Gasteiger partial charge in [0.05, 0.1) is 4.92 Å². The number of urea groups is 1. The van der Waals surface area contributed by atoms with E-state index in [0.717, 1.165) is 6.08 Å². The van der Waals surface area contributed by atoms with E-state index in [4.69, 9.17) is 0 Å². The molecule has 0 aliphatic rings. The lowest BCUT2D eigenvalue weighted by atomic mass is 10.2. The van der Waals surface area contributed by atoms with E-state index in [1.54, 1.807) is 6.92 Å². The molecule has 3 amide bonds. The van der Waals surface area contributed by atoms with Crippen LogP contribution in [0.15, 0.2) is 30.3 Å². The van der Waals surface area contributed by atoms with E-state index >= 15 is 0 Å². The lowest BCUT2D eigenvalue weighted by Crippen LogP contribution is -2.41. The van der Waals surface area contributed by atoms with Crippen molar-refractivity contribution in [1.29, 1.82) is 0 Å². The molecule has 0 atom stereocenters. The van der Waals surface area contributed by atoms with Crippen molar-refractivity contribution in [2.75, 3.05) is 13.2 Å². The topological polar surface area (TPSA) is 128 Å². The average molecular weight is 321 g/mol. The highest BCUT2D eigenvalue weighted by Gasteiger charge is 2.08. The molecule has 2 N–H and O–H groups in total. The highest BCUT2D eigenvalue weighted by atomic mass is 16.6. The van der Waals surface area contributed by atoms with Crippen LogP contribution >= 0.6 is 0 Å². The van der Waals surface area contributed by atoms with Crippen molar-refractivity contribution in [2.24, 2.45) is 0 Å². The second kappa shape index (κ2) is 8.93. The van der Waals surface area contributed by atoms with Crippen LogP contribution in [0.25, 0.3) is 6.08 Å². The van der Waals surface area contributed by atoms with Crippen LogP contribution in [0, 0.1) is 10.1 Å². The number of imide groups is 1. The predicted octanol–water partition coefficient (Wildman–Crippen LogP) is 0.997. The Balaban J connectivity index is 2.42. The lowest BCUT2D eigenvalue weighted by molar-refractivity contribution is -0.384. The van der Waals surface area contributed by atoms with Crippen LogP contribution in [0.2, 0.25) is 0 Å². The normalized spacial score (nSPS) is 10.1. The maximum Gasteiger partial charge on any atom is 0.331 e. The number of carbonyl (C=O) groups is 3. The van der Waals surface area contributed by atoms with Crippen molar-refractivity contribution in [3.05, 3.63) is 46.0 Å². The van der Waals surface area contributed by atoms with Gasteiger partial charge in [-0.25, -0.2) is 9.59 Å². The summed E-state index contributed by atoms with van der Waals surface area (Å²) >= 11 is 0. The number of hydrogen-bond donors (Lipinski definition) is 2. The molecule has 23 heavy (non-hydrogen) atoms. The number of non-ortho nitro benzene ring substituents is 1. The van der Waals surface area contributed by atoms with Gasteiger partial charge in [0.15, 0.2) is 6.61 Å². The minimum Gasteiger partial charge on any atom is -0.452 e. The molecule has 9 heteroatoms. The number of nitro benzene ring substituents is 1. The highest BCUT2D eigenvalue weighted by molar-refractivity contribution is 5.96. The molecule has 0 aliphatic carbocycles. The number of benzene rings is 1. The van der Waals surface area contributed by atoms with E-state index in [1.165, 1.54) is 30.3 Å². The Hall–Kier alpha value is -3.23. The Kier molecular flexibility index (Phi) is 6.92. The Morgan fingerprint density at radius 3 is 2.48 bits per heavy atom. The van der Waals surface area contributed by atoms with Crippen LogP contribution in [0.5, 0.6) is 0 Å². The molecule has 0 spiro atoms. The number of nitrogens with one attached hydrogen (secondary N) is 2. The van der Waals surface area contributed by atoms with Crippen molar-refractivity contribution in [2.45, 2.75) is 6.92 Å². The minimum atomic E-state index is -0.783. The first kappa shape index (κ1) is 17.8. The molecule has 0 saturated carbocycles. The Morgan fingerprint density at radius 1 is 1.26 bits per heavy atom. The average Bonchev–Trinajstić information content (AvgIpc) is 2.51. The van der Waals surface area contributed by atoms with Crippen molar-refractivity contribution >= 4 is 29.7 Å². The van der Waals surface area contributed by atoms with Crippen LogP contribution in [0.3, 0.4) is 0 Å². The van der Waals surface area contributed by atoms with E-state index < -0.39 is 29.4 Å². The van der Waals surface area contributed by atoms with Crippen molar-refractivity contribution in [1.82, 2.24) is 10.6 Å². The Labute approximate surface area is 131 Å². The molecule has 0 bridgehead atoms. The molecule has 0 aliphatic heterocycles. The van der Waals surface area contributed by atoms with Crippen LogP contribution in [0.4, 0.5) is 10.5 Å². The van der Waals surface area contributed by atoms with E-state index in [0.29, 0.717) is 12.1 Å². The fourth-order valence-corrected chi connectivity index (χ4v) is 1.42. The van der Waals surface area contributed by atoms with Gasteiger partial charge in [-0.1, -0.05) is 0 Å². The summed E-state index contributed by atoms with van der Waals surface area (Å²) in [5.74, 6) is -1.54. The fourth-order valence-electron chi connectivity index (χ4n) is 1.42. The molecule has 122 valence electrons. The van der Waals surface area contributed by atoms with E-state index in [1.807, 2.05) is 5.32 Å². The summed E-state index contributed by atoms with van der Waals surface area (Å²) in [6.07, 6.45) is 2.45. The summed E-state index contributed by atoms with van der Waals surface area (Å²) < 4.78 is 4.64. The predicted molar refractivity (Wildman–Crippen MR) is 80.3 cm³/mol. The molecular weight excluding hydrogens is 306 g/mol. The Bertz CT molecular complexity index is 624. The van der Waals surface area contributed by atoms with Gasteiger partial charge in [-0.05, 0) is 30.7 Å². The number of ether oxygens (including phenoxy) is 1. The number of nitro groups is 1.